The fraction of sp³-hybridized carbons (Fsp3) is 0.286. The van der Waals surface area contributed by atoms with E-state index < -0.39 is 22.5 Å². The first-order valence-corrected chi connectivity index (χ1v) is 4.75. The second-order valence-electron chi connectivity index (χ2n) is 2.59. The molecule has 0 amide bonds. The van der Waals surface area contributed by atoms with E-state index in [2.05, 4.69) is 20.9 Å². The van der Waals surface area contributed by atoms with E-state index in [1.807, 2.05) is 0 Å². The second-order valence-corrected chi connectivity index (χ2v) is 3.15. The molecule has 0 unspecified atom stereocenters. The molecule has 0 bridgehead atoms. The van der Waals surface area contributed by atoms with Crippen LogP contribution in [0.2, 0.25) is 0 Å². The van der Waals surface area contributed by atoms with Crippen LogP contribution in [0.4, 0.5) is 18.9 Å². The Morgan fingerprint density at radius 3 is 2.53 bits per heavy atom. The van der Waals surface area contributed by atoms with Crippen molar-refractivity contribution in [2.45, 2.75) is 11.5 Å². The minimum absolute atomic E-state index is 0.0328. The molecule has 1 rings (SSSR count). The molecule has 0 N–H and O–H groups in total. The lowest BCUT2D eigenvalue weighted by Gasteiger charge is -2.06. The fourth-order valence-corrected chi connectivity index (χ4v) is 1.37. The van der Waals surface area contributed by atoms with Gasteiger partial charge in [0.2, 0.25) is 0 Å². The van der Waals surface area contributed by atoms with Crippen LogP contribution < -0.4 is 0 Å². The van der Waals surface area contributed by atoms with Crippen LogP contribution in [0.25, 0.3) is 0 Å². The highest BCUT2D eigenvalue weighted by Gasteiger charge is 2.34. The van der Waals surface area contributed by atoms with Crippen LogP contribution in [0.3, 0.4) is 0 Å². The lowest BCUT2D eigenvalue weighted by Crippen LogP contribution is -2.09. The largest absolute Gasteiger partial charge is 0.433 e. The minimum Gasteiger partial charge on any atom is -0.258 e. The monoisotopic (exact) mass is 284 g/mol. The van der Waals surface area contributed by atoms with E-state index in [0.29, 0.717) is 12.3 Å². The van der Waals surface area contributed by atoms with Crippen molar-refractivity contribution in [3.8, 4) is 0 Å². The van der Waals surface area contributed by atoms with E-state index >= 15 is 0 Å². The summed E-state index contributed by atoms with van der Waals surface area (Å²) in [6.07, 6.45) is -3.98. The Hall–Kier alpha value is -1.18. The van der Waals surface area contributed by atoms with Crippen LogP contribution in [-0.4, -0.2) is 9.91 Å². The van der Waals surface area contributed by atoms with Gasteiger partial charge in [-0.1, -0.05) is 15.9 Å². The number of halogens is 4. The summed E-state index contributed by atoms with van der Waals surface area (Å²) in [7, 11) is 0. The number of alkyl halides is 4. The van der Waals surface area contributed by atoms with Gasteiger partial charge in [-0.25, -0.2) is 4.98 Å². The van der Waals surface area contributed by atoms with E-state index in [4.69, 9.17) is 0 Å². The van der Waals surface area contributed by atoms with Crippen molar-refractivity contribution in [1.29, 1.82) is 0 Å². The molecule has 0 aliphatic rings. The molecule has 0 saturated heterocycles. The van der Waals surface area contributed by atoms with Gasteiger partial charge in [0.05, 0.1) is 4.92 Å². The summed E-state index contributed by atoms with van der Waals surface area (Å²) in [4.78, 5) is 12.6. The highest BCUT2D eigenvalue weighted by atomic mass is 79.9. The zero-order valence-corrected chi connectivity index (χ0v) is 8.67. The van der Waals surface area contributed by atoms with Crippen molar-refractivity contribution in [3.05, 3.63) is 33.6 Å². The summed E-state index contributed by atoms with van der Waals surface area (Å²) in [6.45, 7) is 0. The zero-order valence-electron chi connectivity index (χ0n) is 7.08. The van der Waals surface area contributed by atoms with Crippen molar-refractivity contribution < 1.29 is 18.1 Å². The molecule has 82 valence electrons. The molecule has 8 heteroatoms. The Kier molecular flexibility index (Phi) is 3.28. The summed E-state index contributed by atoms with van der Waals surface area (Å²) in [5.41, 5.74) is -1.62. The first-order valence-electron chi connectivity index (χ1n) is 3.62. The Morgan fingerprint density at radius 2 is 2.13 bits per heavy atom. The molecule has 0 fully saturated rings. The molecule has 0 saturated carbocycles. The molecule has 15 heavy (non-hydrogen) atoms. The highest BCUT2D eigenvalue weighted by molar-refractivity contribution is 9.08. The van der Waals surface area contributed by atoms with Crippen molar-refractivity contribution in [1.82, 2.24) is 4.98 Å². The number of rotatable bonds is 2. The van der Waals surface area contributed by atoms with Crippen molar-refractivity contribution in [3.63, 3.8) is 0 Å². The molecule has 0 aromatic carbocycles. The number of aromatic nitrogens is 1. The van der Waals surface area contributed by atoms with E-state index in [1.54, 1.807) is 0 Å². The molecule has 4 nitrogen and oxygen atoms in total. The van der Waals surface area contributed by atoms with Crippen molar-refractivity contribution in [2.75, 3.05) is 0 Å². The molecule has 0 atom stereocenters. The predicted molar refractivity (Wildman–Crippen MR) is 48.5 cm³/mol. The summed E-state index contributed by atoms with van der Waals surface area (Å²) < 4.78 is 36.6. The third-order valence-corrected chi connectivity index (χ3v) is 2.20. The third-order valence-electron chi connectivity index (χ3n) is 1.60. The van der Waals surface area contributed by atoms with Crippen molar-refractivity contribution in [2.24, 2.45) is 0 Å². The molecule has 1 aromatic heterocycles. The summed E-state index contributed by atoms with van der Waals surface area (Å²) in [5.74, 6) is 0. The Labute approximate surface area is 90.4 Å². The summed E-state index contributed by atoms with van der Waals surface area (Å²) >= 11 is 2.88. The van der Waals surface area contributed by atoms with Crippen LogP contribution in [0.15, 0.2) is 12.3 Å². The van der Waals surface area contributed by atoms with Crippen molar-refractivity contribution >= 4 is 21.6 Å². The molecule has 0 radical (unpaired) electrons. The van der Waals surface area contributed by atoms with Crippen LogP contribution in [0, 0.1) is 10.1 Å². The van der Waals surface area contributed by atoms with Crippen LogP contribution in [-0.2, 0) is 11.5 Å². The average Bonchev–Trinajstić information content (AvgIpc) is 2.15. The topological polar surface area (TPSA) is 56.0 Å². The van der Waals surface area contributed by atoms with Gasteiger partial charge in [0.25, 0.3) is 5.69 Å². The molecular formula is C7H4BrF3N2O2. The van der Waals surface area contributed by atoms with E-state index in [1.165, 1.54) is 0 Å². The van der Waals surface area contributed by atoms with Gasteiger partial charge in [0.1, 0.15) is 11.9 Å². The maximum atomic E-state index is 12.2. The van der Waals surface area contributed by atoms with Gasteiger partial charge in [-0.2, -0.15) is 13.2 Å². The minimum atomic E-state index is -4.59. The molecule has 0 aliphatic heterocycles. The van der Waals surface area contributed by atoms with E-state index in [-0.39, 0.29) is 10.9 Å². The second kappa shape index (κ2) is 4.13. The van der Waals surface area contributed by atoms with E-state index in [0.717, 1.165) is 0 Å². The number of nitro groups is 1. The molecule has 1 heterocycles. The number of hydrogen-bond donors (Lipinski definition) is 0. The molecule has 1 aromatic rings. The summed E-state index contributed by atoms with van der Waals surface area (Å²) in [6, 6.07) is 0.660. The molecule has 0 spiro atoms. The molecule has 0 aliphatic carbocycles. The predicted octanol–water partition coefficient (Wildman–Crippen LogP) is 2.90. The maximum absolute atomic E-state index is 12.2. The van der Waals surface area contributed by atoms with Gasteiger partial charge in [-0.05, 0) is 6.07 Å². The lowest BCUT2D eigenvalue weighted by atomic mass is 10.2. The normalized spacial score (nSPS) is 11.5. The summed E-state index contributed by atoms with van der Waals surface area (Å²) in [5, 5.41) is 10.4. The van der Waals surface area contributed by atoms with Crippen LogP contribution in [0.1, 0.15) is 11.3 Å². The van der Waals surface area contributed by atoms with E-state index in [9.17, 15) is 23.3 Å². The van der Waals surface area contributed by atoms with Gasteiger partial charge in [0.15, 0.2) is 0 Å². The van der Waals surface area contributed by atoms with Gasteiger partial charge in [-0.15, -0.1) is 0 Å². The smallest absolute Gasteiger partial charge is 0.258 e. The number of pyridine rings is 1. The first-order chi connectivity index (χ1) is 6.86. The third kappa shape index (κ3) is 2.65. The maximum Gasteiger partial charge on any atom is 0.433 e. The number of hydrogen-bond acceptors (Lipinski definition) is 3. The zero-order chi connectivity index (χ0) is 11.6. The Balaban J connectivity index is 3.25. The van der Waals surface area contributed by atoms with Gasteiger partial charge < -0.3 is 0 Å². The SMILES string of the molecule is O=[N+]([O-])c1cnc(C(F)(F)F)cc1CBr. The van der Waals surface area contributed by atoms with Gasteiger partial charge in [-0.3, -0.25) is 10.1 Å². The van der Waals surface area contributed by atoms with Crippen LogP contribution in [0.5, 0.6) is 0 Å². The molecular weight excluding hydrogens is 281 g/mol. The Morgan fingerprint density at radius 1 is 1.53 bits per heavy atom. The highest BCUT2D eigenvalue weighted by Crippen LogP contribution is 2.31. The first kappa shape index (κ1) is 11.9. The lowest BCUT2D eigenvalue weighted by molar-refractivity contribution is -0.385. The van der Waals surface area contributed by atoms with Crippen LogP contribution >= 0.6 is 15.9 Å². The van der Waals surface area contributed by atoms with Gasteiger partial charge in [0, 0.05) is 10.9 Å². The standard InChI is InChI=1S/C7H4BrF3N2O2/c8-2-4-1-6(7(9,10)11)12-3-5(4)13(14)15/h1,3H,2H2. The quantitative estimate of drug-likeness (QED) is 0.477. The van der Waals surface area contributed by atoms with Gasteiger partial charge >= 0.3 is 6.18 Å². The fourth-order valence-electron chi connectivity index (χ4n) is 0.916. The average molecular weight is 285 g/mol. The Bertz CT molecular complexity index is 394. The number of nitrogens with zero attached hydrogens (tertiary/aromatic N) is 2.